The fourth-order valence-electron chi connectivity index (χ4n) is 1.94. The zero-order valence-corrected chi connectivity index (χ0v) is 11.5. The summed E-state index contributed by atoms with van der Waals surface area (Å²) in [5.41, 5.74) is 5.37. The van der Waals surface area contributed by atoms with Crippen molar-refractivity contribution in [1.29, 1.82) is 0 Å². The predicted molar refractivity (Wildman–Crippen MR) is 73.2 cm³/mol. The molecule has 2 heterocycles. The number of thiocarbonyl (C=S) groups is 1. The van der Waals surface area contributed by atoms with Crippen LogP contribution in [0, 0.1) is 0 Å². The van der Waals surface area contributed by atoms with Crippen LogP contribution in [0.4, 0.5) is 5.82 Å². The highest BCUT2D eigenvalue weighted by Gasteiger charge is 2.38. The SMILES string of the molecule is CC1(Nc2cnc(C(N)=S)cn2)CCS(=O)(=O)C1. The third kappa shape index (κ3) is 2.94. The lowest BCUT2D eigenvalue weighted by atomic mass is 10.0. The number of nitrogens with two attached hydrogens (primary N) is 1. The highest BCUT2D eigenvalue weighted by molar-refractivity contribution is 7.91. The fraction of sp³-hybridized carbons (Fsp3) is 0.500. The number of hydrogen-bond acceptors (Lipinski definition) is 6. The molecule has 1 aliphatic rings. The molecule has 18 heavy (non-hydrogen) atoms. The van der Waals surface area contributed by atoms with Crippen LogP contribution < -0.4 is 11.1 Å². The third-order valence-electron chi connectivity index (χ3n) is 2.84. The maximum Gasteiger partial charge on any atom is 0.152 e. The summed E-state index contributed by atoms with van der Waals surface area (Å²) in [6.45, 7) is 1.86. The Morgan fingerprint density at radius 3 is 2.67 bits per heavy atom. The van der Waals surface area contributed by atoms with Crippen LogP contribution in [-0.2, 0) is 9.84 Å². The first-order chi connectivity index (χ1) is 8.30. The lowest BCUT2D eigenvalue weighted by molar-refractivity contribution is 0.571. The molecular formula is C10H14N4O2S2. The van der Waals surface area contributed by atoms with E-state index in [1.54, 1.807) is 0 Å². The van der Waals surface area contributed by atoms with Gasteiger partial charge in [-0.25, -0.2) is 18.4 Å². The number of anilines is 1. The Labute approximate surface area is 111 Å². The summed E-state index contributed by atoms with van der Waals surface area (Å²) in [5.74, 6) is 0.836. The molecule has 98 valence electrons. The molecule has 1 aliphatic heterocycles. The number of nitrogens with one attached hydrogen (secondary N) is 1. The van der Waals surface area contributed by atoms with Gasteiger partial charge in [0, 0.05) is 0 Å². The molecular weight excluding hydrogens is 272 g/mol. The molecule has 2 rings (SSSR count). The van der Waals surface area contributed by atoms with Gasteiger partial charge in [-0.05, 0) is 13.3 Å². The molecule has 0 saturated carbocycles. The van der Waals surface area contributed by atoms with Crippen molar-refractivity contribution in [3.8, 4) is 0 Å². The smallest absolute Gasteiger partial charge is 0.152 e. The minimum atomic E-state index is -2.95. The second kappa shape index (κ2) is 4.43. The average molecular weight is 286 g/mol. The van der Waals surface area contributed by atoms with Crippen LogP contribution in [0.25, 0.3) is 0 Å². The maximum absolute atomic E-state index is 11.5. The summed E-state index contributed by atoms with van der Waals surface area (Å²) in [5, 5.41) is 3.10. The summed E-state index contributed by atoms with van der Waals surface area (Å²) in [4.78, 5) is 8.35. The Morgan fingerprint density at radius 1 is 1.50 bits per heavy atom. The van der Waals surface area contributed by atoms with E-state index in [-0.39, 0.29) is 16.5 Å². The topological polar surface area (TPSA) is 98.0 Å². The van der Waals surface area contributed by atoms with Crippen LogP contribution >= 0.6 is 12.2 Å². The highest BCUT2D eigenvalue weighted by atomic mass is 32.2. The van der Waals surface area contributed by atoms with Gasteiger partial charge in [-0.15, -0.1) is 0 Å². The van der Waals surface area contributed by atoms with Crippen LogP contribution in [0.1, 0.15) is 19.0 Å². The van der Waals surface area contributed by atoms with Gasteiger partial charge in [0.1, 0.15) is 16.5 Å². The minimum absolute atomic E-state index is 0.110. The van der Waals surface area contributed by atoms with Crippen molar-refractivity contribution in [2.24, 2.45) is 5.73 Å². The molecule has 1 aromatic heterocycles. The van der Waals surface area contributed by atoms with Crippen molar-refractivity contribution in [3.05, 3.63) is 18.1 Å². The Morgan fingerprint density at radius 2 is 2.22 bits per heavy atom. The zero-order valence-electron chi connectivity index (χ0n) is 9.88. The summed E-state index contributed by atoms with van der Waals surface area (Å²) in [6, 6.07) is 0. The number of sulfone groups is 1. The van der Waals surface area contributed by atoms with Crippen molar-refractivity contribution < 1.29 is 8.42 Å². The largest absolute Gasteiger partial charge is 0.388 e. The quantitative estimate of drug-likeness (QED) is 0.760. The van der Waals surface area contributed by atoms with E-state index in [9.17, 15) is 8.42 Å². The van der Waals surface area contributed by atoms with Crippen molar-refractivity contribution in [2.75, 3.05) is 16.8 Å². The lowest BCUT2D eigenvalue weighted by Crippen LogP contribution is -2.36. The molecule has 0 aromatic carbocycles. The van der Waals surface area contributed by atoms with Crippen LogP contribution in [0.3, 0.4) is 0 Å². The number of aromatic nitrogens is 2. The molecule has 6 nitrogen and oxygen atoms in total. The molecule has 8 heteroatoms. The van der Waals surface area contributed by atoms with E-state index in [4.69, 9.17) is 18.0 Å². The summed E-state index contributed by atoms with van der Waals surface area (Å²) in [6.07, 6.45) is 3.54. The Hall–Kier alpha value is -1.28. The van der Waals surface area contributed by atoms with Gasteiger partial charge in [0.05, 0.1) is 29.4 Å². The molecule has 0 bridgehead atoms. The predicted octanol–water partition coefficient (Wildman–Crippen LogP) is 0.0999. The first-order valence-corrected chi connectivity index (χ1v) is 7.63. The molecule has 0 aliphatic carbocycles. The van der Waals surface area contributed by atoms with E-state index >= 15 is 0 Å². The summed E-state index contributed by atoms with van der Waals surface area (Å²) < 4.78 is 22.9. The van der Waals surface area contributed by atoms with Gasteiger partial charge < -0.3 is 11.1 Å². The van der Waals surface area contributed by atoms with Crippen molar-refractivity contribution in [3.63, 3.8) is 0 Å². The number of hydrogen-bond donors (Lipinski definition) is 2. The first kappa shape index (κ1) is 13.2. The Balaban J connectivity index is 2.13. The van der Waals surface area contributed by atoms with E-state index in [2.05, 4.69) is 15.3 Å². The van der Waals surface area contributed by atoms with Crippen LogP contribution in [0.15, 0.2) is 12.4 Å². The van der Waals surface area contributed by atoms with Crippen molar-refractivity contribution >= 4 is 32.9 Å². The van der Waals surface area contributed by atoms with Gasteiger partial charge in [0.15, 0.2) is 9.84 Å². The Kier molecular flexibility index (Phi) is 3.24. The average Bonchev–Trinajstić information content (AvgIpc) is 2.53. The molecule has 1 atom stereocenters. The van der Waals surface area contributed by atoms with E-state index < -0.39 is 15.4 Å². The molecule has 1 fully saturated rings. The van der Waals surface area contributed by atoms with Gasteiger partial charge in [-0.2, -0.15) is 0 Å². The van der Waals surface area contributed by atoms with E-state index in [1.807, 2.05) is 6.92 Å². The molecule has 0 amide bonds. The fourth-order valence-corrected chi connectivity index (χ4v) is 4.14. The normalized spacial score (nSPS) is 25.8. The minimum Gasteiger partial charge on any atom is -0.388 e. The second-order valence-electron chi connectivity index (χ2n) is 4.68. The number of nitrogens with zero attached hydrogens (tertiary/aromatic N) is 2. The molecule has 1 unspecified atom stereocenters. The van der Waals surface area contributed by atoms with Gasteiger partial charge in [-0.3, -0.25) is 0 Å². The molecule has 0 spiro atoms. The summed E-state index contributed by atoms with van der Waals surface area (Å²) in [7, 11) is -2.95. The number of rotatable bonds is 3. The molecule has 1 saturated heterocycles. The highest BCUT2D eigenvalue weighted by Crippen LogP contribution is 2.26. The van der Waals surface area contributed by atoms with Crippen LogP contribution in [0.2, 0.25) is 0 Å². The standard InChI is InChI=1S/C10H14N4O2S2/c1-10(2-3-18(15,16)6-10)14-8-5-12-7(4-13-8)9(11)17/h4-5H,2-3,6H2,1H3,(H2,11,17)(H,13,14). The summed E-state index contributed by atoms with van der Waals surface area (Å²) >= 11 is 4.78. The third-order valence-corrected chi connectivity index (χ3v) is 4.95. The molecule has 1 aromatic rings. The van der Waals surface area contributed by atoms with Gasteiger partial charge >= 0.3 is 0 Å². The maximum atomic E-state index is 11.5. The van der Waals surface area contributed by atoms with Gasteiger partial charge in [0.25, 0.3) is 0 Å². The first-order valence-electron chi connectivity index (χ1n) is 5.40. The Bertz CT molecular complexity index is 570. The van der Waals surface area contributed by atoms with E-state index in [0.717, 1.165) is 0 Å². The molecule has 3 N–H and O–H groups in total. The van der Waals surface area contributed by atoms with Crippen molar-refractivity contribution in [2.45, 2.75) is 18.9 Å². The van der Waals surface area contributed by atoms with Crippen molar-refractivity contribution in [1.82, 2.24) is 9.97 Å². The van der Waals surface area contributed by atoms with E-state index in [1.165, 1.54) is 12.4 Å². The van der Waals surface area contributed by atoms with E-state index in [0.29, 0.717) is 17.9 Å². The second-order valence-corrected chi connectivity index (χ2v) is 7.30. The van der Waals surface area contributed by atoms with Gasteiger partial charge in [0.2, 0.25) is 0 Å². The van der Waals surface area contributed by atoms with Crippen LogP contribution in [-0.4, -0.2) is 40.4 Å². The monoisotopic (exact) mass is 286 g/mol. The van der Waals surface area contributed by atoms with Crippen LogP contribution in [0.5, 0.6) is 0 Å². The zero-order chi connectivity index (χ0) is 13.4. The molecule has 0 radical (unpaired) electrons. The lowest BCUT2D eigenvalue weighted by Gasteiger charge is -2.24. The van der Waals surface area contributed by atoms with Gasteiger partial charge in [-0.1, -0.05) is 12.2 Å².